The predicted molar refractivity (Wildman–Crippen MR) is 155 cm³/mol. The van der Waals surface area contributed by atoms with E-state index in [4.69, 9.17) is 9.97 Å². The van der Waals surface area contributed by atoms with Gasteiger partial charge >= 0.3 is 5.65 Å². The lowest BCUT2D eigenvalue weighted by atomic mass is 9.94. The molecule has 37 heavy (non-hydrogen) atoms. The van der Waals surface area contributed by atoms with Crippen LogP contribution in [0.5, 0.6) is 0 Å². The fourth-order valence-electron chi connectivity index (χ4n) is 5.54. The summed E-state index contributed by atoms with van der Waals surface area (Å²) in [5, 5.41) is 0. The first-order valence-corrected chi connectivity index (χ1v) is 14.1. The molecule has 0 N–H and O–H groups in total. The topological polar surface area (TPSA) is 34.6 Å². The molecule has 4 heteroatoms. The van der Waals surface area contributed by atoms with E-state index in [1.165, 1.54) is 33.6 Å². The van der Waals surface area contributed by atoms with Crippen molar-refractivity contribution in [1.82, 2.24) is 14.5 Å². The normalized spacial score (nSPS) is 12.1. The summed E-state index contributed by atoms with van der Waals surface area (Å²) in [7, 11) is 0. The van der Waals surface area contributed by atoms with Crippen molar-refractivity contribution in [3.63, 3.8) is 0 Å². The van der Waals surface area contributed by atoms with Crippen molar-refractivity contribution in [1.29, 1.82) is 0 Å². The van der Waals surface area contributed by atoms with Gasteiger partial charge in [0, 0.05) is 0 Å². The minimum atomic E-state index is 0.567. The third kappa shape index (κ3) is 6.11. The van der Waals surface area contributed by atoms with E-state index in [-0.39, 0.29) is 0 Å². The van der Waals surface area contributed by atoms with Crippen LogP contribution >= 0.6 is 0 Å². The summed E-state index contributed by atoms with van der Waals surface area (Å²) >= 11 is 0. The van der Waals surface area contributed by atoms with Gasteiger partial charge in [0.05, 0.1) is 6.20 Å². The minimum Gasteiger partial charge on any atom is -0.215 e. The number of hydrogen-bond donors (Lipinski definition) is 0. The highest BCUT2D eigenvalue weighted by Crippen LogP contribution is 2.29. The molecule has 0 bridgehead atoms. The first kappa shape index (κ1) is 27.0. The zero-order valence-corrected chi connectivity index (χ0v) is 24.1. The standard InChI is InChI=1S/C33H45N4/c1-22(2)17-26-11-9-12-27(18-23(3)4)30(26)36-21-37(33-32(36)34-15-16-35-33)31-28(19-24(5)6)13-10-14-29(31)20-25(7)8/h9-16,21-25H,17-20H2,1-8H3/q+1. The lowest BCUT2D eigenvalue weighted by Crippen LogP contribution is -2.33. The molecule has 0 aliphatic carbocycles. The van der Waals surface area contributed by atoms with Crippen LogP contribution in [0.1, 0.15) is 77.6 Å². The van der Waals surface area contributed by atoms with Crippen LogP contribution in [0.2, 0.25) is 0 Å². The Morgan fingerprint density at radius 1 is 0.622 bits per heavy atom. The van der Waals surface area contributed by atoms with Crippen LogP contribution < -0.4 is 4.57 Å². The highest BCUT2D eigenvalue weighted by molar-refractivity contribution is 5.68. The van der Waals surface area contributed by atoms with Gasteiger partial charge in [-0.15, -0.1) is 4.98 Å². The molecule has 0 fully saturated rings. The van der Waals surface area contributed by atoms with E-state index in [1.54, 1.807) is 0 Å². The summed E-state index contributed by atoms with van der Waals surface area (Å²) in [5.74, 6) is 2.27. The van der Waals surface area contributed by atoms with Gasteiger partial charge in [0.1, 0.15) is 17.6 Å². The number of imidazole rings is 1. The van der Waals surface area contributed by atoms with Gasteiger partial charge in [0.25, 0.3) is 5.65 Å². The number of para-hydroxylation sites is 2. The average Bonchev–Trinajstić information content (AvgIpc) is 3.17. The number of hydrogen-bond acceptors (Lipinski definition) is 2. The molecule has 2 aromatic heterocycles. The van der Waals surface area contributed by atoms with Gasteiger partial charge in [0.15, 0.2) is 0 Å². The first-order valence-electron chi connectivity index (χ1n) is 14.1. The molecule has 0 amide bonds. The highest BCUT2D eigenvalue weighted by atomic mass is 15.2. The Kier molecular flexibility index (Phi) is 8.46. The maximum atomic E-state index is 4.91. The molecule has 196 valence electrons. The summed E-state index contributed by atoms with van der Waals surface area (Å²) in [6.45, 7) is 18.4. The molecule has 2 aromatic carbocycles. The van der Waals surface area contributed by atoms with Crippen LogP contribution in [0.15, 0.2) is 55.1 Å². The quantitative estimate of drug-likeness (QED) is 0.213. The largest absolute Gasteiger partial charge is 0.327 e. The van der Waals surface area contributed by atoms with Gasteiger partial charge in [0.2, 0.25) is 6.33 Å². The van der Waals surface area contributed by atoms with E-state index >= 15 is 0 Å². The minimum absolute atomic E-state index is 0.567. The highest BCUT2D eigenvalue weighted by Gasteiger charge is 2.27. The van der Waals surface area contributed by atoms with Crippen molar-refractivity contribution < 1.29 is 4.57 Å². The van der Waals surface area contributed by atoms with Crippen LogP contribution in [0.25, 0.3) is 22.7 Å². The molecule has 4 rings (SSSR count). The van der Waals surface area contributed by atoms with Crippen molar-refractivity contribution >= 4 is 11.3 Å². The summed E-state index contributed by atoms with van der Waals surface area (Å²) in [4.78, 5) is 9.81. The van der Waals surface area contributed by atoms with Crippen molar-refractivity contribution in [3.05, 3.63) is 77.4 Å². The van der Waals surface area contributed by atoms with E-state index in [2.05, 4.69) is 107 Å². The molecule has 4 aromatic rings. The molecule has 2 heterocycles. The molecule has 0 aliphatic rings. The Balaban J connectivity index is 2.05. The second-order valence-corrected chi connectivity index (χ2v) is 12.3. The maximum absolute atomic E-state index is 4.91. The Bertz CT molecular complexity index is 1190. The lowest BCUT2D eigenvalue weighted by Gasteiger charge is -2.17. The summed E-state index contributed by atoms with van der Waals surface area (Å²) in [6.07, 6.45) is 10.0. The van der Waals surface area contributed by atoms with E-state index in [1.807, 2.05) is 12.4 Å². The van der Waals surface area contributed by atoms with Crippen LogP contribution in [0.3, 0.4) is 0 Å². The molecule has 4 nitrogen and oxygen atoms in total. The van der Waals surface area contributed by atoms with Gasteiger partial charge in [-0.1, -0.05) is 91.8 Å². The van der Waals surface area contributed by atoms with Crippen LogP contribution in [0, 0.1) is 23.7 Å². The smallest absolute Gasteiger partial charge is 0.215 e. The lowest BCUT2D eigenvalue weighted by molar-refractivity contribution is -0.571. The SMILES string of the molecule is CC(C)Cc1cccc(CC(C)C)c1-n1c[n+](-c2c(CC(C)C)cccc2CC(C)C)c2nccnc21. The molecule has 0 unspecified atom stereocenters. The van der Waals surface area contributed by atoms with Gasteiger partial charge in [-0.25, -0.2) is 9.55 Å². The molecule has 0 spiro atoms. The predicted octanol–water partition coefficient (Wildman–Crippen LogP) is 7.49. The maximum Gasteiger partial charge on any atom is 0.327 e. The molecule has 0 saturated heterocycles. The Labute approximate surface area is 223 Å². The van der Waals surface area contributed by atoms with Crippen LogP contribution in [0.4, 0.5) is 0 Å². The molecule has 0 saturated carbocycles. The fraction of sp³-hybridized carbons (Fsp3) is 0.485. The van der Waals surface area contributed by atoms with E-state index in [0.29, 0.717) is 23.7 Å². The number of nitrogens with zero attached hydrogens (tertiary/aromatic N) is 4. The van der Waals surface area contributed by atoms with Crippen molar-refractivity contribution in [2.45, 2.75) is 81.1 Å². The molecule has 0 radical (unpaired) electrons. The summed E-state index contributed by atoms with van der Waals surface area (Å²) in [5.41, 5.74) is 9.89. The van der Waals surface area contributed by atoms with E-state index in [0.717, 1.165) is 37.0 Å². The van der Waals surface area contributed by atoms with Gasteiger partial charge in [-0.2, -0.15) is 4.57 Å². The number of aromatic nitrogens is 4. The molecular formula is C33H45N4+. The van der Waals surface area contributed by atoms with Crippen LogP contribution in [-0.2, 0) is 25.7 Å². The Morgan fingerprint density at radius 3 is 1.54 bits per heavy atom. The summed E-state index contributed by atoms with van der Waals surface area (Å²) in [6, 6.07) is 13.6. The first-order chi connectivity index (χ1) is 17.7. The third-order valence-electron chi connectivity index (χ3n) is 6.75. The van der Waals surface area contributed by atoms with Crippen molar-refractivity contribution in [2.75, 3.05) is 0 Å². The number of fused-ring (bicyclic) bond motifs is 1. The van der Waals surface area contributed by atoms with Crippen molar-refractivity contribution in [3.8, 4) is 11.4 Å². The number of rotatable bonds is 10. The zero-order valence-electron chi connectivity index (χ0n) is 24.1. The third-order valence-corrected chi connectivity index (χ3v) is 6.75. The number of benzene rings is 2. The second-order valence-electron chi connectivity index (χ2n) is 12.3. The Morgan fingerprint density at radius 2 is 1.05 bits per heavy atom. The van der Waals surface area contributed by atoms with E-state index in [9.17, 15) is 0 Å². The second kappa shape index (κ2) is 11.6. The average molecular weight is 498 g/mol. The van der Waals surface area contributed by atoms with Crippen molar-refractivity contribution in [2.24, 2.45) is 23.7 Å². The fourth-order valence-corrected chi connectivity index (χ4v) is 5.54. The molecular weight excluding hydrogens is 452 g/mol. The van der Waals surface area contributed by atoms with Gasteiger partial charge < -0.3 is 0 Å². The van der Waals surface area contributed by atoms with Gasteiger partial charge in [-0.05, 0) is 71.6 Å². The summed E-state index contributed by atoms with van der Waals surface area (Å²) < 4.78 is 4.64. The molecule has 0 atom stereocenters. The molecule has 0 aliphatic heterocycles. The zero-order chi connectivity index (χ0) is 26.7. The Hall–Kier alpha value is -3.01. The van der Waals surface area contributed by atoms with Crippen LogP contribution in [-0.4, -0.2) is 14.5 Å². The van der Waals surface area contributed by atoms with E-state index < -0.39 is 0 Å². The van der Waals surface area contributed by atoms with Gasteiger partial charge in [-0.3, -0.25) is 0 Å². The monoisotopic (exact) mass is 497 g/mol.